The van der Waals surface area contributed by atoms with Gasteiger partial charge in [-0.1, -0.05) is 34.3 Å². The van der Waals surface area contributed by atoms with Crippen molar-refractivity contribution in [2.45, 2.75) is 84.6 Å². The van der Waals surface area contributed by atoms with Crippen molar-refractivity contribution >= 4 is 5.70 Å². The number of ether oxygens (including phenoxy) is 1. The number of methoxy groups -OCH3 is 1. The molecule has 0 spiro atoms. The SMILES string of the molecule is C=C1C=C2c3cc(CC)c(CCCCOC)nc3C3CCC(C)(C)C3N2C=C1CC. The summed E-state index contributed by atoms with van der Waals surface area (Å²) in [5.41, 5.74) is 9.51. The summed E-state index contributed by atoms with van der Waals surface area (Å²) in [6.07, 6.45) is 12.6. The first-order valence-electron chi connectivity index (χ1n) is 11.8. The Hall–Kier alpha value is -1.87. The van der Waals surface area contributed by atoms with Crippen LogP contribution in [0.15, 0.2) is 36.1 Å². The highest BCUT2D eigenvalue weighted by Crippen LogP contribution is 2.56. The van der Waals surface area contributed by atoms with Crippen LogP contribution < -0.4 is 0 Å². The molecular weight excluding hydrogens is 368 g/mol. The average molecular weight is 407 g/mol. The second-order valence-corrected chi connectivity index (χ2v) is 9.88. The molecule has 2 unspecified atom stereocenters. The molecular formula is C27H38N2O. The van der Waals surface area contributed by atoms with Crippen molar-refractivity contribution in [3.63, 3.8) is 0 Å². The minimum atomic E-state index is 0.277. The van der Waals surface area contributed by atoms with Crippen LogP contribution in [-0.2, 0) is 17.6 Å². The number of aryl methyl sites for hydroxylation is 2. The van der Waals surface area contributed by atoms with Gasteiger partial charge in [0.2, 0.25) is 0 Å². The third-order valence-electron chi connectivity index (χ3n) is 7.50. The van der Waals surface area contributed by atoms with Gasteiger partial charge in [-0.2, -0.15) is 0 Å². The number of nitrogens with zero attached hydrogens (tertiary/aromatic N) is 2. The number of pyridine rings is 1. The molecule has 1 aromatic rings. The van der Waals surface area contributed by atoms with E-state index in [2.05, 4.69) is 57.5 Å². The molecule has 4 rings (SSSR count). The third kappa shape index (κ3) is 3.56. The first kappa shape index (κ1) is 21.4. The van der Waals surface area contributed by atoms with Crippen molar-refractivity contribution in [2.24, 2.45) is 5.41 Å². The maximum absolute atomic E-state index is 5.39. The lowest BCUT2D eigenvalue weighted by molar-refractivity contribution is 0.191. The number of rotatable bonds is 7. The number of allylic oxidation sites excluding steroid dienone is 3. The van der Waals surface area contributed by atoms with E-state index in [9.17, 15) is 0 Å². The van der Waals surface area contributed by atoms with Gasteiger partial charge < -0.3 is 9.64 Å². The molecule has 0 bridgehead atoms. The van der Waals surface area contributed by atoms with Crippen LogP contribution in [0.4, 0.5) is 0 Å². The molecule has 0 radical (unpaired) electrons. The zero-order valence-corrected chi connectivity index (χ0v) is 19.6. The van der Waals surface area contributed by atoms with E-state index in [0.717, 1.165) is 44.3 Å². The minimum absolute atomic E-state index is 0.277. The van der Waals surface area contributed by atoms with Gasteiger partial charge in [-0.05, 0) is 79.2 Å². The Morgan fingerprint density at radius 2 is 2.03 bits per heavy atom. The van der Waals surface area contributed by atoms with Gasteiger partial charge in [-0.25, -0.2) is 0 Å². The van der Waals surface area contributed by atoms with Crippen molar-refractivity contribution < 1.29 is 4.74 Å². The Morgan fingerprint density at radius 3 is 2.73 bits per heavy atom. The monoisotopic (exact) mass is 406 g/mol. The van der Waals surface area contributed by atoms with E-state index in [1.54, 1.807) is 7.11 Å². The minimum Gasteiger partial charge on any atom is -0.385 e. The van der Waals surface area contributed by atoms with E-state index >= 15 is 0 Å². The third-order valence-corrected chi connectivity index (χ3v) is 7.50. The molecule has 0 saturated heterocycles. The van der Waals surface area contributed by atoms with Crippen molar-refractivity contribution in [2.75, 3.05) is 13.7 Å². The fraction of sp³-hybridized carbons (Fsp3) is 0.593. The van der Waals surface area contributed by atoms with Crippen LogP contribution in [0.5, 0.6) is 0 Å². The van der Waals surface area contributed by atoms with Gasteiger partial charge in [0.15, 0.2) is 0 Å². The molecule has 30 heavy (non-hydrogen) atoms. The molecule has 3 heteroatoms. The summed E-state index contributed by atoms with van der Waals surface area (Å²) < 4.78 is 5.25. The average Bonchev–Trinajstić information content (AvgIpc) is 3.06. The first-order chi connectivity index (χ1) is 14.4. The molecule has 3 nitrogen and oxygen atoms in total. The van der Waals surface area contributed by atoms with Crippen LogP contribution in [0.3, 0.4) is 0 Å². The van der Waals surface area contributed by atoms with Gasteiger partial charge in [-0.3, -0.25) is 4.98 Å². The van der Waals surface area contributed by atoms with Crippen molar-refractivity contribution in [3.05, 3.63) is 58.6 Å². The number of aromatic nitrogens is 1. The number of hydrogen-bond donors (Lipinski definition) is 0. The van der Waals surface area contributed by atoms with Crippen LogP contribution in [-0.4, -0.2) is 29.6 Å². The molecule has 0 aromatic carbocycles. The first-order valence-corrected chi connectivity index (χ1v) is 11.8. The zero-order chi connectivity index (χ0) is 21.5. The van der Waals surface area contributed by atoms with Gasteiger partial charge in [-0.15, -0.1) is 0 Å². The van der Waals surface area contributed by atoms with Gasteiger partial charge in [0.05, 0.1) is 11.4 Å². The number of fused-ring (bicyclic) bond motifs is 6. The van der Waals surface area contributed by atoms with Crippen LogP contribution in [0.25, 0.3) is 5.70 Å². The van der Waals surface area contributed by atoms with Crippen molar-refractivity contribution in [3.8, 4) is 0 Å². The lowest BCUT2D eigenvalue weighted by atomic mass is 9.77. The fourth-order valence-electron chi connectivity index (χ4n) is 5.81. The van der Waals surface area contributed by atoms with Crippen LogP contribution in [0.2, 0.25) is 0 Å². The van der Waals surface area contributed by atoms with E-state index in [4.69, 9.17) is 9.72 Å². The Kier molecular flexibility index (Phi) is 5.94. The standard InChI is InChI=1S/C27H38N2O/c1-7-19-16-22-24-15-18(3)20(8-2)17-29(24)26-21(12-13-27(26,4)5)25(22)28-23(19)11-9-10-14-30-6/h15-17,21,26H,3,7-14H2,1-2,4-6H3. The maximum atomic E-state index is 5.39. The molecule has 0 N–H and O–H groups in total. The van der Waals surface area contributed by atoms with E-state index in [0.29, 0.717) is 12.0 Å². The summed E-state index contributed by atoms with van der Waals surface area (Å²) in [6, 6.07) is 2.93. The molecule has 2 atom stereocenters. The predicted octanol–water partition coefficient (Wildman–Crippen LogP) is 6.41. The lowest BCUT2D eigenvalue weighted by Gasteiger charge is -2.47. The summed E-state index contributed by atoms with van der Waals surface area (Å²) in [6.45, 7) is 14.6. The quantitative estimate of drug-likeness (QED) is 0.490. The molecule has 1 saturated carbocycles. The van der Waals surface area contributed by atoms with Gasteiger partial charge in [0, 0.05) is 43.1 Å². The van der Waals surface area contributed by atoms with Crippen LogP contribution in [0, 0.1) is 5.41 Å². The predicted molar refractivity (Wildman–Crippen MR) is 125 cm³/mol. The van der Waals surface area contributed by atoms with E-state index in [1.165, 1.54) is 46.6 Å². The molecule has 1 aromatic heterocycles. The summed E-state index contributed by atoms with van der Waals surface area (Å²) in [4.78, 5) is 7.98. The second-order valence-electron chi connectivity index (χ2n) is 9.88. The highest BCUT2D eigenvalue weighted by Gasteiger charge is 2.51. The van der Waals surface area contributed by atoms with Crippen LogP contribution in [0.1, 0.15) is 88.2 Å². The van der Waals surface area contributed by atoms with Crippen molar-refractivity contribution in [1.29, 1.82) is 0 Å². The van der Waals surface area contributed by atoms with Gasteiger partial charge in [0.1, 0.15) is 0 Å². The zero-order valence-electron chi connectivity index (χ0n) is 19.6. The van der Waals surface area contributed by atoms with E-state index < -0.39 is 0 Å². The Morgan fingerprint density at radius 1 is 1.23 bits per heavy atom. The Bertz CT molecular complexity index is 892. The number of hydrogen-bond acceptors (Lipinski definition) is 3. The van der Waals surface area contributed by atoms with E-state index in [1.807, 2.05) is 0 Å². The largest absolute Gasteiger partial charge is 0.385 e. The highest BCUT2D eigenvalue weighted by molar-refractivity contribution is 5.76. The van der Waals surface area contributed by atoms with Gasteiger partial charge in [0.25, 0.3) is 0 Å². The van der Waals surface area contributed by atoms with Crippen LogP contribution >= 0.6 is 0 Å². The molecule has 1 aliphatic carbocycles. The molecule has 0 amide bonds. The van der Waals surface area contributed by atoms with E-state index in [-0.39, 0.29) is 5.41 Å². The topological polar surface area (TPSA) is 25.4 Å². The van der Waals surface area contributed by atoms with Gasteiger partial charge >= 0.3 is 0 Å². The Labute approximate surface area is 182 Å². The second kappa shape index (κ2) is 8.34. The smallest absolute Gasteiger partial charge is 0.0552 e. The summed E-state index contributed by atoms with van der Waals surface area (Å²) in [5.74, 6) is 0.511. The summed E-state index contributed by atoms with van der Waals surface area (Å²) in [7, 11) is 1.78. The molecule has 3 heterocycles. The Balaban J connectivity index is 1.80. The normalized spacial score (nSPS) is 24.2. The summed E-state index contributed by atoms with van der Waals surface area (Å²) in [5, 5.41) is 0. The molecule has 2 aliphatic heterocycles. The maximum Gasteiger partial charge on any atom is 0.0552 e. The molecule has 3 aliphatic rings. The summed E-state index contributed by atoms with van der Waals surface area (Å²) >= 11 is 0. The van der Waals surface area contributed by atoms with Crippen molar-refractivity contribution in [1.82, 2.24) is 9.88 Å². The molecule has 162 valence electrons. The highest BCUT2D eigenvalue weighted by atomic mass is 16.5. The molecule has 1 fully saturated rings. The lowest BCUT2D eigenvalue weighted by Crippen LogP contribution is -2.45. The fourth-order valence-corrected chi connectivity index (χ4v) is 5.81. The number of unbranched alkanes of at least 4 members (excludes halogenated alkanes) is 1.